The van der Waals surface area contributed by atoms with Gasteiger partial charge in [-0.25, -0.2) is 0 Å². The van der Waals surface area contributed by atoms with Crippen molar-refractivity contribution in [2.24, 2.45) is 0 Å². The molecule has 0 radical (unpaired) electrons. The Morgan fingerprint density at radius 3 is 1.83 bits per heavy atom. The smallest absolute Gasteiger partial charge is 0.0493 e. The minimum Gasteiger partial charge on any atom is -0.0493 e. The third kappa shape index (κ3) is 5.94. The van der Waals surface area contributed by atoms with E-state index in [9.17, 15) is 0 Å². The van der Waals surface area contributed by atoms with Crippen LogP contribution in [0.1, 0.15) is 29.5 Å². The van der Waals surface area contributed by atoms with Gasteiger partial charge in [-0.2, -0.15) is 0 Å². The van der Waals surface area contributed by atoms with Crippen LogP contribution in [0.3, 0.4) is 0 Å². The molecule has 3 heteroatoms. The van der Waals surface area contributed by atoms with E-state index in [4.69, 9.17) is 0 Å². The molecular weight excluding hydrogens is 515 g/mol. The number of rotatable bonds is 10. The summed E-state index contributed by atoms with van der Waals surface area (Å²) in [5.74, 6) is 0. The van der Waals surface area contributed by atoms with Gasteiger partial charge in [0.2, 0.25) is 0 Å². The molecule has 2 aromatic heterocycles. The molecule has 0 fully saturated rings. The summed E-state index contributed by atoms with van der Waals surface area (Å²) in [6.45, 7) is 3.16. The maximum atomic E-state index is 3.38. The fourth-order valence-corrected chi connectivity index (χ4v) is 11.0. The molecule has 4 aromatic carbocycles. The van der Waals surface area contributed by atoms with Crippen molar-refractivity contribution in [2.45, 2.75) is 26.3 Å². The quantitative estimate of drug-likeness (QED) is 0.103. The van der Waals surface area contributed by atoms with Crippen LogP contribution in [0.25, 0.3) is 23.1 Å². The summed E-state index contributed by atoms with van der Waals surface area (Å²) in [6, 6.07) is 44.7. The molecule has 0 aliphatic rings. The third-order valence-corrected chi connectivity index (χ3v) is 13.3. The Balaban J connectivity index is 1.16. The van der Waals surface area contributed by atoms with Crippen LogP contribution in [0.4, 0.5) is 0 Å². The molecule has 204 valence electrons. The van der Waals surface area contributed by atoms with Crippen LogP contribution < -0.4 is 20.5 Å². The first-order valence-corrected chi connectivity index (χ1v) is 16.8. The number of aryl methyl sites for hydroxylation is 2. The molecular formula is C38H38N2P+. The van der Waals surface area contributed by atoms with Gasteiger partial charge in [-0.3, -0.25) is 0 Å². The molecule has 0 bridgehead atoms. The van der Waals surface area contributed by atoms with Crippen molar-refractivity contribution >= 4 is 46.2 Å². The number of hydrogen-bond acceptors (Lipinski definition) is 0. The monoisotopic (exact) mass is 553 g/mol. The Bertz CT molecular complexity index is 1620. The van der Waals surface area contributed by atoms with E-state index in [1.807, 2.05) is 0 Å². The molecule has 0 saturated carbocycles. The molecule has 0 unspecified atom stereocenters. The first kappa shape index (κ1) is 26.9. The Morgan fingerprint density at radius 1 is 0.659 bits per heavy atom. The second-order valence-electron chi connectivity index (χ2n) is 11.0. The van der Waals surface area contributed by atoms with E-state index in [2.05, 4.69) is 169 Å². The number of benzene rings is 4. The van der Waals surface area contributed by atoms with Crippen LogP contribution in [0, 0.1) is 6.92 Å². The van der Waals surface area contributed by atoms with Crippen molar-refractivity contribution in [3.63, 3.8) is 0 Å². The molecule has 0 amide bonds. The summed E-state index contributed by atoms with van der Waals surface area (Å²) >= 11 is 0. The van der Waals surface area contributed by atoms with Crippen molar-refractivity contribution in [2.75, 3.05) is 6.16 Å². The number of unbranched alkanes of at least 4 members (excludes halogenated alkanes) is 1. The normalized spacial score (nSPS) is 12.2. The summed E-state index contributed by atoms with van der Waals surface area (Å²) < 4.78 is 2.32. The average molecular weight is 554 g/mol. The summed E-state index contributed by atoms with van der Waals surface area (Å²) in [4.78, 5) is 3.38. The minimum atomic E-state index is -2.15. The number of nitrogens with zero attached hydrogens (tertiary/aromatic N) is 1. The molecule has 0 spiro atoms. The number of pyridine rings is 1. The zero-order valence-electron chi connectivity index (χ0n) is 23.7. The minimum absolute atomic E-state index is 1.02. The third-order valence-electron chi connectivity index (χ3n) is 8.26. The van der Waals surface area contributed by atoms with Crippen molar-refractivity contribution in [1.82, 2.24) is 4.98 Å². The van der Waals surface area contributed by atoms with E-state index in [0.29, 0.717) is 0 Å². The van der Waals surface area contributed by atoms with E-state index >= 15 is 0 Å². The fraction of sp³-hybridized carbons (Fsp3) is 0.132. The molecule has 0 atom stereocenters. The molecule has 6 rings (SSSR count). The van der Waals surface area contributed by atoms with Crippen molar-refractivity contribution < 1.29 is 4.57 Å². The Morgan fingerprint density at radius 2 is 1.24 bits per heavy atom. The summed E-state index contributed by atoms with van der Waals surface area (Å²) in [5.41, 5.74) is 4.90. The molecule has 41 heavy (non-hydrogen) atoms. The molecule has 0 saturated heterocycles. The number of fused-ring (bicyclic) bond motifs is 1. The van der Waals surface area contributed by atoms with Gasteiger partial charge in [-0.05, 0) is 19.1 Å². The summed E-state index contributed by atoms with van der Waals surface area (Å²) in [6.07, 6.45) is 14.5. The standard InChI is InChI=1S/C38H37N2P/c1-31-19-22-38-37(29-31)33(30-39-38)21-20-32-23-26-40(27-24-32)25-11-12-28-41(34-13-5-2-6-14-34,35-15-7-3-8-16-35)36-17-9-4-10-18-36/h2-10,13-24,26-27,29-30,41H,11-12,25,28H2,1H3/p+1. The van der Waals surface area contributed by atoms with E-state index in [1.54, 1.807) is 0 Å². The summed E-state index contributed by atoms with van der Waals surface area (Å²) in [5, 5.41) is 5.75. The van der Waals surface area contributed by atoms with Crippen LogP contribution >= 0.6 is 7.26 Å². The van der Waals surface area contributed by atoms with Gasteiger partial charge < -0.3 is 4.98 Å². The van der Waals surface area contributed by atoms with E-state index in [1.165, 1.54) is 56.1 Å². The van der Waals surface area contributed by atoms with Gasteiger partial charge in [0.05, 0.1) is 0 Å². The summed E-state index contributed by atoms with van der Waals surface area (Å²) in [7, 11) is -2.15. The number of H-pyrrole nitrogens is 1. The zero-order valence-corrected chi connectivity index (χ0v) is 24.7. The van der Waals surface area contributed by atoms with E-state index in [0.717, 1.165) is 13.0 Å². The van der Waals surface area contributed by atoms with Gasteiger partial charge in [0.15, 0.2) is 0 Å². The topological polar surface area (TPSA) is 19.7 Å². The molecule has 2 nitrogen and oxygen atoms in total. The SMILES string of the molecule is Cc1ccc2[nH]cc(/C=C/c3cc[n+](CCCC[PH](c4ccccc4)(c4ccccc4)c4ccccc4)cc3)c2c1. The van der Waals surface area contributed by atoms with Crippen LogP contribution in [-0.2, 0) is 6.54 Å². The second-order valence-corrected chi connectivity index (χ2v) is 15.0. The molecule has 2 heterocycles. The number of aromatic nitrogens is 2. The Hall–Kier alpha value is -4.26. The molecule has 0 aliphatic heterocycles. The number of hydrogen-bond donors (Lipinski definition) is 1. The first-order chi connectivity index (χ1) is 20.2. The van der Waals surface area contributed by atoms with Gasteiger partial charge in [0.1, 0.15) is 0 Å². The van der Waals surface area contributed by atoms with Crippen LogP contribution in [0.15, 0.2) is 140 Å². The van der Waals surface area contributed by atoms with Gasteiger partial charge in [-0.15, -0.1) is 0 Å². The van der Waals surface area contributed by atoms with E-state index in [-0.39, 0.29) is 0 Å². The zero-order chi connectivity index (χ0) is 27.9. The van der Waals surface area contributed by atoms with Gasteiger partial charge >= 0.3 is 204 Å². The number of nitrogens with one attached hydrogen (secondary N) is 1. The van der Waals surface area contributed by atoms with E-state index < -0.39 is 7.26 Å². The molecule has 1 N–H and O–H groups in total. The van der Waals surface area contributed by atoms with Gasteiger partial charge in [0.25, 0.3) is 0 Å². The fourth-order valence-electron chi connectivity index (χ4n) is 6.09. The molecule has 6 aromatic rings. The molecule has 0 aliphatic carbocycles. The predicted octanol–water partition coefficient (Wildman–Crippen LogP) is 7.44. The second kappa shape index (κ2) is 12.5. The van der Waals surface area contributed by atoms with Crippen molar-refractivity contribution in [1.29, 1.82) is 0 Å². The van der Waals surface area contributed by atoms with Gasteiger partial charge in [0, 0.05) is 5.52 Å². The maximum absolute atomic E-state index is 3.38. The van der Waals surface area contributed by atoms with Crippen molar-refractivity contribution in [3.05, 3.63) is 157 Å². The number of aromatic amines is 1. The Labute approximate surface area is 244 Å². The van der Waals surface area contributed by atoms with Crippen LogP contribution in [0.2, 0.25) is 0 Å². The Kier molecular flexibility index (Phi) is 8.21. The van der Waals surface area contributed by atoms with Crippen LogP contribution in [0.5, 0.6) is 0 Å². The van der Waals surface area contributed by atoms with Crippen molar-refractivity contribution in [3.8, 4) is 0 Å². The first-order valence-electron chi connectivity index (χ1n) is 14.6. The average Bonchev–Trinajstić information content (AvgIpc) is 3.44. The predicted molar refractivity (Wildman–Crippen MR) is 179 cm³/mol. The van der Waals surface area contributed by atoms with Crippen LogP contribution in [-0.4, -0.2) is 11.1 Å². The van der Waals surface area contributed by atoms with Gasteiger partial charge in [-0.1, -0.05) is 11.6 Å².